The van der Waals surface area contributed by atoms with Gasteiger partial charge < -0.3 is 15.6 Å². The van der Waals surface area contributed by atoms with Crippen molar-refractivity contribution >= 4 is 5.88 Å². The number of hydrogen-bond donors (Lipinski definition) is 1. The molecule has 4 N–H and O–H groups in total. The summed E-state index contributed by atoms with van der Waals surface area (Å²) in [5.74, 6) is 0.468. The fraction of sp³-hybridized carbons (Fsp3) is 0. The van der Waals surface area contributed by atoms with Crippen molar-refractivity contribution < 1.29 is 9.89 Å². The SMILES string of the molecule is Nc1ccco1.O. The van der Waals surface area contributed by atoms with E-state index in [9.17, 15) is 0 Å². The van der Waals surface area contributed by atoms with E-state index in [0.29, 0.717) is 5.88 Å². The van der Waals surface area contributed by atoms with E-state index in [4.69, 9.17) is 5.73 Å². The molecule has 0 aliphatic rings. The predicted octanol–water partition coefficient (Wildman–Crippen LogP) is 0.0371. The van der Waals surface area contributed by atoms with Crippen LogP contribution in [-0.4, -0.2) is 5.48 Å². The minimum atomic E-state index is 0. The van der Waals surface area contributed by atoms with Gasteiger partial charge in [0.25, 0.3) is 0 Å². The summed E-state index contributed by atoms with van der Waals surface area (Å²) in [6, 6.07) is 3.44. The molecule has 0 saturated carbocycles. The van der Waals surface area contributed by atoms with Crippen molar-refractivity contribution in [3.05, 3.63) is 18.4 Å². The molecule has 1 aromatic heterocycles. The molecule has 7 heavy (non-hydrogen) atoms. The molecular weight excluding hydrogens is 94.0 g/mol. The third-order valence-corrected chi connectivity index (χ3v) is 0.543. The highest BCUT2D eigenvalue weighted by Crippen LogP contribution is 1.97. The van der Waals surface area contributed by atoms with Gasteiger partial charge >= 0.3 is 0 Å². The van der Waals surface area contributed by atoms with Gasteiger partial charge in [0.1, 0.15) is 0 Å². The molecule has 0 amide bonds. The van der Waals surface area contributed by atoms with E-state index in [1.54, 1.807) is 12.1 Å². The molecule has 0 fully saturated rings. The van der Waals surface area contributed by atoms with Gasteiger partial charge in [-0.15, -0.1) is 0 Å². The first-order valence-corrected chi connectivity index (χ1v) is 1.68. The minimum absolute atomic E-state index is 0. The normalized spacial score (nSPS) is 7.43. The maximum atomic E-state index is 5.11. The summed E-state index contributed by atoms with van der Waals surface area (Å²) in [5, 5.41) is 0. The van der Waals surface area contributed by atoms with Crippen LogP contribution >= 0.6 is 0 Å². The zero-order valence-electron chi connectivity index (χ0n) is 3.72. The second kappa shape index (κ2) is 2.25. The van der Waals surface area contributed by atoms with Crippen LogP contribution in [0.4, 0.5) is 5.88 Å². The molecule has 0 saturated heterocycles. The lowest BCUT2D eigenvalue weighted by Crippen LogP contribution is -1.74. The number of nitrogens with two attached hydrogens (primary N) is 1. The Labute approximate surface area is 41.0 Å². The quantitative estimate of drug-likeness (QED) is 0.501. The van der Waals surface area contributed by atoms with Crippen molar-refractivity contribution in [3.8, 4) is 0 Å². The summed E-state index contributed by atoms with van der Waals surface area (Å²) >= 11 is 0. The highest BCUT2D eigenvalue weighted by molar-refractivity contribution is 5.20. The molecule has 0 unspecified atom stereocenters. The fourth-order valence-electron chi connectivity index (χ4n) is 0.291. The molecule has 0 bridgehead atoms. The molecule has 0 aliphatic carbocycles. The zero-order valence-corrected chi connectivity index (χ0v) is 3.72. The smallest absolute Gasteiger partial charge is 0.190 e. The maximum Gasteiger partial charge on any atom is 0.190 e. The predicted molar refractivity (Wildman–Crippen MR) is 26.7 cm³/mol. The van der Waals surface area contributed by atoms with Crippen molar-refractivity contribution in [2.24, 2.45) is 0 Å². The number of hydrogen-bond acceptors (Lipinski definition) is 2. The molecule has 0 aromatic carbocycles. The Kier molecular flexibility index (Phi) is 1.95. The molecule has 0 aliphatic heterocycles. The minimum Gasteiger partial charge on any atom is -0.449 e. The zero-order chi connectivity index (χ0) is 4.41. The van der Waals surface area contributed by atoms with Crippen LogP contribution in [0.3, 0.4) is 0 Å². The number of furan rings is 1. The third-order valence-electron chi connectivity index (χ3n) is 0.543. The molecule has 3 nitrogen and oxygen atoms in total. The summed E-state index contributed by atoms with van der Waals surface area (Å²) in [5.41, 5.74) is 5.11. The van der Waals surface area contributed by atoms with Gasteiger partial charge in [-0.2, -0.15) is 0 Å². The first kappa shape index (κ1) is 6.04. The Hall–Kier alpha value is -0.960. The Morgan fingerprint density at radius 2 is 2.29 bits per heavy atom. The Bertz CT molecular complexity index is 113. The third kappa shape index (κ3) is 1.28. The molecule has 40 valence electrons. The lowest BCUT2D eigenvalue weighted by Gasteiger charge is -1.70. The largest absolute Gasteiger partial charge is 0.449 e. The highest BCUT2D eigenvalue weighted by Gasteiger charge is 1.76. The van der Waals surface area contributed by atoms with Gasteiger partial charge in [-0.3, -0.25) is 0 Å². The van der Waals surface area contributed by atoms with Crippen molar-refractivity contribution in [2.75, 3.05) is 5.73 Å². The molecular formula is C4H7NO2. The Balaban J connectivity index is 0.000000360. The molecule has 1 aromatic rings. The summed E-state index contributed by atoms with van der Waals surface area (Å²) < 4.78 is 4.61. The molecule has 0 radical (unpaired) electrons. The van der Waals surface area contributed by atoms with Gasteiger partial charge in [-0.1, -0.05) is 0 Å². The standard InChI is InChI=1S/C4H5NO.H2O/c5-4-2-1-3-6-4;/h1-3H,5H2;1H2. The maximum absolute atomic E-state index is 5.11. The lowest BCUT2D eigenvalue weighted by molar-refractivity contribution is 0.588. The summed E-state index contributed by atoms with van der Waals surface area (Å²) in [7, 11) is 0. The number of rotatable bonds is 0. The van der Waals surface area contributed by atoms with Crippen molar-refractivity contribution in [2.45, 2.75) is 0 Å². The first-order valence-electron chi connectivity index (χ1n) is 1.68. The van der Waals surface area contributed by atoms with Crippen LogP contribution in [0.15, 0.2) is 22.8 Å². The van der Waals surface area contributed by atoms with Gasteiger partial charge in [0.15, 0.2) is 5.88 Å². The lowest BCUT2D eigenvalue weighted by atomic mass is 10.6. The van der Waals surface area contributed by atoms with E-state index in [1.165, 1.54) is 6.26 Å². The van der Waals surface area contributed by atoms with Crippen LogP contribution in [0, 0.1) is 0 Å². The summed E-state index contributed by atoms with van der Waals surface area (Å²) in [4.78, 5) is 0. The van der Waals surface area contributed by atoms with Crippen molar-refractivity contribution in [3.63, 3.8) is 0 Å². The highest BCUT2D eigenvalue weighted by atomic mass is 16.3. The van der Waals surface area contributed by atoms with Gasteiger partial charge in [-0.05, 0) is 6.07 Å². The van der Waals surface area contributed by atoms with Gasteiger partial charge in [0, 0.05) is 6.07 Å². The molecule has 0 spiro atoms. The van der Waals surface area contributed by atoms with Gasteiger partial charge in [0.05, 0.1) is 6.26 Å². The van der Waals surface area contributed by atoms with Crippen LogP contribution in [0.5, 0.6) is 0 Å². The summed E-state index contributed by atoms with van der Waals surface area (Å²) in [6.07, 6.45) is 1.54. The van der Waals surface area contributed by atoms with E-state index in [0.717, 1.165) is 0 Å². The monoisotopic (exact) mass is 101 g/mol. The van der Waals surface area contributed by atoms with Gasteiger partial charge in [-0.25, -0.2) is 0 Å². The fourth-order valence-corrected chi connectivity index (χ4v) is 0.291. The average molecular weight is 101 g/mol. The van der Waals surface area contributed by atoms with E-state index in [1.807, 2.05) is 0 Å². The van der Waals surface area contributed by atoms with E-state index >= 15 is 0 Å². The van der Waals surface area contributed by atoms with E-state index in [-0.39, 0.29) is 5.48 Å². The Morgan fingerprint density at radius 1 is 1.57 bits per heavy atom. The Morgan fingerprint density at radius 3 is 2.43 bits per heavy atom. The molecule has 3 heteroatoms. The van der Waals surface area contributed by atoms with Crippen LogP contribution in [0.25, 0.3) is 0 Å². The topological polar surface area (TPSA) is 70.7 Å². The second-order valence-electron chi connectivity index (χ2n) is 1.02. The number of nitrogen functional groups attached to an aromatic ring is 1. The second-order valence-corrected chi connectivity index (χ2v) is 1.02. The van der Waals surface area contributed by atoms with E-state index in [2.05, 4.69) is 4.42 Å². The van der Waals surface area contributed by atoms with Crippen molar-refractivity contribution in [1.29, 1.82) is 0 Å². The molecule has 1 rings (SSSR count). The molecule has 0 atom stereocenters. The van der Waals surface area contributed by atoms with Crippen LogP contribution < -0.4 is 5.73 Å². The van der Waals surface area contributed by atoms with E-state index < -0.39 is 0 Å². The van der Waals surface area contributed by atoms with Crippen LogP contribution in [-0.2, 0) is 0 Å². The first-order chi connectivity index (χ1) is 2.89. The van der Waals surface area contributed by atoms with Crippen molar-refractivity contribution in [1.82, 2.24) is 0 Å². The van der Waals surface area contributed by atoms with Crippen LogP contribution in [0.2, 0.25) is 0 Å². The molecule has 1 heterocycles. The number of anilines is 1. The average Bonchev–Trinajstić information content (AvgIpc) is 1.86. The van der Waals surface area contributed by atoms with Gasteiger partial charge in [0.2, 0.25) is 0 Å². The summed E-state index contributed by atoms with van der Waals surface area (Å²) in [6.45, 7) is 0. The van der Waals surface area contributed by atoms with Crippen LogP contribution in [0.1, 0.15) is 0 Å².